The second-order valence-electron chi connectivity index (χ2n) is 5.36. The standard InChI is InChI=1S/C16H15BrN2O5S/c1-25(21,22)14-4-2-3-11(16(14)17)18-8-15(20)19-10-5-6-12-13(7-10)24-9-23-12/h2-7,18H,8-9H2,1H3,(H,19,20). The Hall–Kier alpha value is -2.26. The number of nitrogens with one attached hydrogen (secondary N) is 2. The van der Waals surface area contributed by atoms with Crippen molar-refractivity contribution >= 4 is 43.0 Å². The van der Waals surface area contributed by atoms with E-state index < -0.39 is 9.84 Å². The molecule has 3 rings (SSSR count). The highest BCUT2D eigenvalue weighted by Gasteiger charge is 2.16. The summed E-state index contributed by atoms with van der Waals surface area (Å²) in [5.74, 6) is 0.933. The molecule has 132 valence electrons. The van der Waals surface area contributed by atoms with Crippen LogP contribution in [0, 0.1) is 0 Å². The van der Waals surface area contributed by atoms with Crippen LogP contribution in [0.15, 0.2) is 45.8 Å². The molecule has 2 aromatic carbocycles. The Balaban J connectivity index is 1.65. The highest BCUT2D eigenvalue weighted by molar-refractivity contribution is 9.10. The minimum absolute atomic E-state index is 0.0275. The molecular weight excluding hydrogens is 412 g/mol. The van der Waals surface area contributed by atoms with Crippen molar-refractivity contribution in [2.45, 2.75) is 4.90 Å². The normalized spacial score (nSPS) is 12.7. The average molecular weight is 427 g/mol. The largest absolute Gasteiger partial charge is 0.454 e. The lowest BCUT2D eigenvalue weighted by molar-refractivity contribution is -0.114. The monoisotopic (exact) mass is 426 g/mol. The molecule has 0 radical (unpaired) electrons. The molecule has 2 N–H and O–H groups in total. The van der Waals surface area contributed by atoms with E-state index >= 15 is 0 Å². The number of halogens is 1. The van der Waals surface area contributed by atoms with Crippen molar-refractivity contribution in [2.75, 3.05) is 30.2 Å². The summed E-state index contributed by atoms with van der Waals surface area (Å²) >= 11 is 3.26. The lowest BCUT2D eigenvalue weighted by Gasteiger charge is -2.11. The van der Waals surface area contributed by atoms with E-state index in [4.69, 9.17) is 9.47 Å². The second kappa shape index (κ2) is 6.93. The Morgan fingerprint density at radius 2 is 1.96 bits per heavy atom. The van der Waals surface area contributed by atoms with E-state index in [2.05, 4.69) is 26.6 Å². The van der Waals surface area contributed by atoms with Crippen LogP contribution < -0.4 is 20.1 Å². The number of ether oxygens (including phenoxy) is 2. The van der Waals surface area contributed by atoms with Gasteiger partial charge >= 0.3 is 0 Å². The van der Waals surface area contributed by atoms with Gasteiger partial charge in [-0.05, 0) is 40.2 Å². The first-order chi connectivity index (χ1) is 11.8. The van der Waals surface area contributed by atoms with Crippen LogP contribution in [-0.2, 0) is 14.6 Å². The van der Waals surface area contributed by atoms with Crippen LogP contribution in [0.5, 0.6) is 11.5 Å². The van der Waals surface area contributed by atoms with E-state index in [-0.39, 0.29) is 24.1 Å². The Bertz CT molecular complexity index is 930. The van der Waals surface area contributed by atoms with Crippen molar-refractivity contribution in [3.8, 4) is 11.5 Å². The molecule has 0 spiro atoms. The van der Waals surface area contributed by atoms with Gasteiger partial charge in [-0.1, -0.05) is 6.07 Å². The number of rotatable bonds is 5. The SMILES string of the molecule is CS(=O)(=O)c1cccc(NCC(=O)Nc2ccc3c(c2)OCO3)c1Br. The highest BCUT2D eigenvalue weighted by atomic mass is 79.9. The third-order valence-electron chi connectivity index (χ3n) is 3.46. The van der Waals surface area contributed by atoms with Gasteiger partial charge in [-0.3, -0.25) is 4.79 Å². The van der Waals surface area contributed by atoms with Crippen LogP contribution in [0.3, 0.4) is 0 Å². The van der Waals surface area contributed by atoms with Crippen LogP contribution in [0.25, 0.3) is 0 Å². The van der Waals surface area contributed by atoms with Crippen molar-refractivity contribution in [3.63, 3.8) is 0 Å². The molecule has 0 aromatic heterocycles. The summed E-state index contributed by atoms with van der Waals surface area (Å²) in [5.41, 5.74) is 1.10. The van der Waals surface area contributed by atoms with Crippen molar-refractivity contribution < 1.29 is 22.7 Å². The number of carbonyl (C=O) groups excluding carboxylic acids is 1. The minimum atomic E-state index is -3.36. The van der Waals surface area contributed by atoms with Crippen molar-refractivity contribution in [3.05, 3.63) is 40.9 Å². The van der Waals surface area contributed by atoms with Crippen LogP contribution in [0.1, 0.15) is 0 Å². The summed E-state index contributed by atoms with van der Waals surface area (Å²) < 4.78 is 34.3. The van der Waals surface area contributed by atoms with E-state index in [9.17, 15) is 13.2 Å². The summed E-state index contributed by atoms with van der Waals surface area (Å²) in [7, 11) is -3.36. The predicted molar refractivity (Wildman–Crippen MR) is 96.9 cm³/mol. The highest BCUT2D eigenvalue weighted by Crippen LogP contribution is 2.34. The van der Waals surface area contributed by atoms with Crippen molar-refractivity contribution in [2.24, 2.45) is 0 Å². The van der Waals surface area contributed by atoms with Gasteiger partial charge < -0.3 is 20.1 Å². The summed E-state index contributed by atoms with van der Waals surface area (Å²) in [6.07, 6.45) is 1.13. The maximum absolute atomic E-state index is 12.1. The Morgan fingerprint density at radius 3 is 2.72 bits per heavy atom. The molecule has 0 fully saturated rings. The number of amides is 1. The smallest absolute Gasteiger partial charge is 0.243 e. The number of benzene rings is 2. The lowest BCUT2D eigenvalue weighted by Crippen LogP contribution is -2.22. The zero-order valence-corrected chi connectivity index (χ0v) is 15.6. The molecule has 0 saturated carbocycles. The van der Waals surface area contributed by atoms with E-state index in [0.717, 1.165) is 6.26 Å². The van der Waals surface area contributed by atoms with E-state index in [1.54, 1.807) is 30.3 Å². The molecule has 0 unspecified atom stereocenters. The average Bonchev–Trinajstić information content (AvgIpc) is 3.00. The molecule has 2 aromatic rings. The molecule has 1 heterocycles. The molecule has 0 saturated heterocycles. The van der Waals surface area contributed by atoms with Crippen molar-refractivity contribution in [1.29, 1.82) is 0 Å². The van der Waals surface area contributed by atoms with Crippen molar-refractivity contribution in [1.82, 2.24) is 0 Å². The first kappa shape index (κ1) is 17.6. The molecule has 0 bridgehead atoms. The summed E-state index contributed by atoms with van der Waals surface area (Å²) in [5, 5.41) is 5.65. The van der Waals surface area contributed by atoms with Gasteiger partial charge in [-0.25, -0.2) is 8.42 Å². The van der Waals surface area contributed by atoms with Crippen LogP contribution in [0.2, 0.25) is 0 Å². The number of anilines is 2. The maximum atomic E-state index is 12.1. The fourth-order valence-corrected chi connectivity index (χ4v) is 4.34. The zero-order valence-electron chi connectivity index (χ0n) is 13.2. The topological polar surface area (TPSA) is 93.7 Å². The number of sulfone groups is 1. The van der Waals surface area contributed by atoms with Gasteiger partial charge in [0.15, 0.2) is 21.3 Å². The Kier molecular flexibility index (Phi) is 4.87. The number of hydrogen-bond donors (Lipinski definition) is 2. The summed E-state index contributed by atoms with van der Waals surface area (Å²) in [6, 6.07) is 9.91. The molecule has 0 aliphatic carbocycles. The molecule has 1 aliphatic heterocycles. The van der Waals surface area contributed by atoms with Crippen LogP contribution in [-0.4, -0.2) is 33.9 Å². The number of hydrogen-bond acceptors (Lipinski definition) is 6. The van der Waals surface area contributed by atoms with Gasteiger partial charge in [0.2, 0.25) is 12.7 Å². The fraction of sp³-hybridized carbons (Fsp3) is 0.188. The van der Waals surface area contributed by atoms with Gasteiger partial charge in [0.1, 0.15) is 0 Å². The quantitative estimate of drug-likeness (QED) is 0.762. The molecule has 7 nitrogen and oxygen atoms in total. The molecule has 1 amide bonds. The Labute approximate surface area is 153 Å². The maximum Gasteiger partial charge on any atom is 0.243 e. The molecule has 0 atom stereocenters. The van der Waals surface area contributed by atoms with Crippen LogP contribution >= 0.6 is 15.9 Å². The van der Waals surface area contributed by atoms with Gasteiger partial charge in [-0.2, -0.15) is 0 Å². The van der Waals surface area contributed by atoms with E-state index in [1.807, 2.05) is 0 Å². The zero-order chi connectivity index (χ0) is 18.0. The number of fused-ring (bicyclic) bond motifs is 1. The van der Waals surface area contributed by atoms with E-state index in [1.165, 1.54) is 6.07 Å². The first-order valence-electron chi connectivity index (χ1n) is 7.26. The Morgan fingerprint density at radius 1 is 1.20 bits per heavy atom. The minimum Gasteiger partial charge on any atom is -0.454 e. The fourth-order valence-electron chi connectivity index (χ4n) is 2.29. The third kappa shape index (κ3) is 4.05. The molecule has 25 heavy (non-hydrogen) atoms. The number of carbonyl (C=O) groups is 1. The first-order valence-corrected chi connectivity index (χ1v) is 9.95. The van der Waals surface area contributed by atoms with E-state index in [0.29, 0.717) is 27.3 Å². The predicted octanol–water partition coefficient (Wildman–Crippen LogP) is 2.63. The third-order valence-corrected chi connectivity index (χ3v) is 5.71. The molecular formula is C16H15BrN2O5S. The van der Waals surface area contributed by atoms with Gasteiger partial charge in [0, 0.05) is 18.0 Å². The van der Waals surface area contributed by atoms with Gasteiger partial charge in [0.05, 0.1) is 21.6 Å². The summed E-state index contributed by atoms with van der Waals surface area (Å²) in [6.45, 7) is 0.138. The van der Waals surface area contributed by atoms with Gasteiger partial charge in [0.25, 0.3) is 0 Å². The van der Waals surface area contributed by atoms with Gasteiger partial charge in [-0.15, -0.1) is 0 Å². The molecule has 9 heteroatoms. The lowest BCUT2D eigenvalue weighted by atomic mass is 10.2. The summed E-state index contributed by atoms with van der Waals surface area (Å²) in [4.78, 5) is 12.3. The molecule has 1 aliphatic rings. The van der Waals surface area contributed by atoms with Crippen LogP contribution in [0.4, 0.5) is 11.4 Å². The second-order valence-corrected chi connectivity index (χ2v) is 8.14.